The Kier molecular flexibility index (Phi) is 2.48. The predicted octanol–water partition coefficient (Wildman–Crippen LogP) is 3.97. The third-order valence-corrected chi connectivity index (χ3v) is 2.79. The summed E-state index contributed by atoms with van der Waals surface area (Å²) in [6, 6.07) is 3.76. The van der Waals surface area contributed by atoms with Crippen LogP contribution in [0.1, 0.15) is 0 Å². The molecule has 2 aromatic rings. The molecule has 1 aromatic carbocycles. The molecular formula is C10H4F4S. The molecule has 0 bridgehead atoms. The van der Waals surface area contributed by atoms with E-state index in [-0.39, 0.29) is 5.56 Å². The van der Waals surface area contributed by atoms with Crippen LogP contribution in [0.5, 0.6) is 0 Å². The summed E-state index contributed by atoms with van der Waals surface area (Å²) in [5.41, 5.74) is -0.263. The maximum absolute atomic E-state index is 13.2. The van der Waals surface area contributed by atoms with E-state index in [0.717, 1.165) is 11.3 Å². The van der Waals surface area contributed by atoms with E-state index in [1.54, 1.807) is 11.4 Å². The van der Waals surface area contributed by atoms with Crippen LogP contribution in [0.25, 0.3) is 10.4 Å². The van der Waals surface area contributed by atoms with Crippen LogP contribution in [0, 0.1) is 23.3 Å². The molecule has 0 fully saturated rings. The molecule has 0 radical (unpaired) electrons. The van der Waals surface area contributed by atoms with Crippen LogP contribution >= 0.6 is 11.3 Å². The van der Waals surface area contributed by atoms with Gasteiger partial charge in [0, 0.05) is 10.4 Å². The molecule has 0 aliphatic heterocycles. The minimum Gasteiger partial charge on any atom is -0.204 e. The fourth-order valence-corrected chi connectivity index (χ4v) is 1.92. The number of halogens is 4. The zero-order chi connectivity index (χ0) is 11.0. The molecule has 5 heteroatoms. The smallest absolute Gasteiger partial charge is 0.198 e. The van der Waals surface area contributed by atoms with Gasteiger partial charge in [0.2, 0.25) is 0 Å². The first-order chi connectivity index (χ1) is 7.11. The van der Waals surface area contributed by atoms with Gasteiger partial charge in [0.1, 0.15) is 0 Å². The van der Waals surface area contributed by atoms with Gasteiger partial charge in [-0.25, -0.2) is 17.6 Å². The van der Waals surface area contributed by atoms with E-state index >= 15 is 0 Å². The SMILES string of the molecule is Fc1cc(-c2cccs2)c(F)c(F)c1F. The van der Waals surface area contributed by atoms with Crippen molar-refractivity contribution in [2.45, 2.75) is 0 Å². The van der Waals surface area contributed by atoms with Crippen LogP contribution in [0.2, 0.25) is 0 Å². The summed E-state index contributed by atoms with van der Waals surface area (Å²) < 4.78 is 51.6. The first kappa shape index (κ1) is 10.2. The summed E-state index contributed by atoms with van der Waals surface area (Å²) in [6.07, 6.45) is 0. The average molecular weight is 232 g/mol. The summed E-state index contributed by atoms with van der Waals surface area (Å²) in [5, 5.41) is 1.63. The molecule has 1 aromatic heterocycles. The number of rotatable bonds is 1. The number of hydrogen-bond donors (Lipinski definition) is 0. The Labute approximate surface area is 86.8 Å². The molecule has 0 saturated heterocycles. The van der Waals surface area contributed by atoms with Gasteiger partial charge in [0.25, 0.3) is 0 Å². The molecule has 0 saturated carbocycles. The maximum atomic E-state index is 13.2. The van der Waals surface area contributed by atoms with E-state index in [2.05, 4.69) is 0 Å². The average Bonchev–Trinajstić information content (AvgIpc) is 2.73. The molecule has 2 rings (SSSR count). The van der Waals surface area contributed by atoms with E-state index in [1.807, 2.05) is 0 Å². The van der Waals surface area contributed by atoms with Crippen molar-refractivity contribution in [2.24, 2.45) is 0 Å². The highest BCUT2D eigenvalue weighted by Gasteiger charge is 2.19. The Morgan fingerprint density at radius 2 is 1.67 bits per heavy atom. The van der Waals surface area contributed by atoms with Crippen molar-refractivity contribution >= 4 is 11.3 Å². The number of benzene rings is 1. The zero-order valence-corrected chi connectivity index (χ0v) is 8.05. The summed E-state index contributed by atoms with van der Waals surface area (Å²) in [7, 11) is 0. The molecule has 0 aliphatic rings. The molecule has 0 unspecified atom stereocenters. The summed E-state index contributed by atoms with van der Waals surface area (Å²) in [4.78, 5) is 0.352. The van der Waals surface area contributed by atoms with E-state index in [9.17, 15) is 17.6 Å². The highest BCUT2D eigenvalue weighted by atomic mass is 32.1. The minimum atomic E-state index is -1.78. The van der Waals surface area contributed by atoms with Gasteiger partial charge in [-0.3, -0.25) is 0 Å². The Bertz CT molecular complexity index is 491. The number of hydrogen-bond acceptors (Lipinski definition) is 1. The summed E-state index contributed by atoms with van der Waals surface area (Å²) in [6.45, 7) is 0. The van der Waals surface area contributed by atoms with Gasteiger partial charge < -0.3 is 0 Å². The van der Waals surface area contributed by atoms with Gasteiger partial charge in [0.15, 0.2) is 23.3 Å². The van der Waals surface area contributed by atoms with Gasteiger partial charge in [-0.05, 0) is 17.5 Å². The van der Waals surface area contributed by atoms with E-state index < -0.39 is 23.3 Å². The highest BCUT2D eigenvalue weighted by Crippen LogP contribution is 2.30. The minimum absolute atomic E-state index is 0.263. The van der Waals surface area contributed by atoms with Crippen molar-refractivity contribution in [2.75, 3.05) is 0 Å². The molecule has 0 amide bonds. The van der Waals surface area contributed by atoms with Crippen LogP contribution in [-0.4, -0.2) is 0 Å². The van der Waals surface area contributed by atoms with Gasteiger partial charge in [0.05, 0.1) is 0 Å². The first-order valence-corrected chi connectivity index (χ1v) is 4.86. The lowest BCUT2D eigenvalue weighted by Crippen LogP contribution is -1.97. The second kappa shape index (κ2) is 3.66. The largest absolute Gasteiger partial charge is 0.204 e. The lowest BCUT2D eigenvalue weighted by atomic mass is 10.1. The fourth-order valence-electron chi connectivity index (χ4n) is 1.18. The summed E-state index contributed by atoms with van der Waals surface area (Å²) >= 11 is 1.12. The zero-order valence-electron chi connectivity index (χ0n) is 7.23. The van der Waals surface area contributed by atoms with Crippen LogP contribution in [0.3, 0.4) is 0 Å². The Hall–Kier alpha value is -1.36. The van der Waals surface area contributed by atoms with E-state index in [4.69, 9.17) is 0 Å². The molecule has 0 nitrogen and oxygen atoms in total. The third kappa shape index (κ3) is 1.63. The van der Waals surface area contributed by atoms with Crippen molar-refractivity contribution in [1.29, 1.82) is 0 Å². The molecule has 1 heterocycles. The Morgan fingerprint density at radius 1 is 0.933 bits per heavy atom. The second-order valence-electron chi connectivity index (χ2n) is 2.83. The van der Waals surface area contributed by atoms with Crippen molar-refractivity contribution in [3.63, 3.8) is 0 Å². The quantitative estimate of drug-likeness (QED) is 0.396. The predicted molar refractivity (Wildman–Crippen MR) is 49.6 cm³/mol. The van der Waals surface area contributed by atoms with E-state index in [0.29, 0.717) is 10.9 Å². The van der Waals surface area contributed by atoms with Crippen LogP contribution < -0.4 is 0 Å². The standard InChI is InChI=1S/C10H4F4S/c11-6-4-5(7-2-1-3-15-7)8(12)10(14)9(6)13/h1-4H. The van der Waals surface area contributed by atoms with Crippen LogP contribution in [0.4, 0.5) is 17.6 Å². The van der Waals surface area contributed by atoms with Crippen LogP contribution in [0.15, 0.2) is 23.6 Å². The second-order valence-corrected chi connectivity index (χ2v) is 3.77. The van der Waals surface area contributed by atoms with Crippen molar-refractivity contribution < 1.29 is 17.6 Å². The molecule has 0 aliphatic carbocycles. The van der Waals surface area contributed by atoms with Crippen molar-refractivity contribution in [1.82, 2.24) is 0 Å². The molecular weight excluding hydrogens is 228 g/mol. The highest BCUT2D eigenvalue weighted by molar-refractivity contribution is 7.13. The van der Waals surface area contributed by atoms with E-state index in [1.165, 1.54) is 6.07 Å². The van der Waals surface area contributed by atoms with Crippen molar-refractivity contribution in [3.8, 4) is 10.4 Å². The van der Waals surface area contributed by atoms with Gasteiger partial charge >= 0.3 is 0 Å². The maximum Gasteiger partial charge on any atom is 0.198 e. The Morgan fingerprint density at radius 3 is 2.27 bits per heavy atom. The molecule has 78 valence electrons. The van der Waals surface area contributed by atoms with Gasteiger partial charge in [-0.2, -0.15) is 0 Å². The fraction of sp³-hybridized carbons (Fsp3) is 0. The number of thiophene rings is 1. The van der Waals surface area contributed by atoms with Gasteiger partial charge in [-0.15, -0.1) is 11.3 Å². The van der Waals surface area contributed by atoms with Gasteiger partial charge in [-0.1, -0.05) is 6.07 Å². The molecule has 0 spiro atoms. The molecule has 15 heavy (non-hydrogen) atoms. The molecule has 0 atom stereocenters. The normalized spacial score (nSPS) is 10.7. The van der Waals surface area contributed by atoms with Crippen LogP contribution in [-0.2, 0) is 0 Å². The Balaban J connectivity index is 2.69. The first-order valence-electron chi connectivity index (χ1n) is 3.98. The monoisotopic (exact) mass is 232 g/mol. The lowest BCUT2D eigenvalue weighted by molar-refractivity contribution is 0.411. The third-order valence-electron chi connectivity index (χ3n) is 1.89. The summed E-state index contributed by atoms with van der Waals surface area (Å²) in [5.74, 6) is -6.32. The lowest BCUT2D eigenvalue weighted by Gasteiger charge is -2.03. The van der Waals surface area contributed by atoms with Crippen molar-refractivity contribution in [3.05, 3.63) is 46.8 Å². The molecule has 0 N–H and O–H groups in total. The topological polar surface area (TPSA) is 0 Å².